The Hall–Kier alpha value is -4.36. The predicted molar refractivity (Wildman–Crippen MR) is 159 cm³/mol. The molecule has 0 unspecified atom stereocenters. The minimum atomic E-state index is -3.58. The highest BCUT2D eigenvalue weighted by Crippen LogP contribution is 2.35. The summed E-state index contributed by atoms with van der Waals surface area (Å²) in [6.45, 7) is 2.55. The van der Waals surface area contributed by atoms with Crippen molar-refractivity contribution >= 4 is 11.6 Å². The molecule has 220 valence electrons. The van der Waals surface area contributed by atoms with Crippen LogP contribution in [0.1, 0.15) is 25.3 Å². The third-order valence-corrected chi connectivity index (χ3v) is 7.18. The van der Waals surface area contributed by atoms with Crippen LogP contribution in [0, 0.1) is 17.5 Å². The molecule has 5 rings (SSSR count). The van der Waals surface area contributed by atoms with Crippen molar-refractivity contribution in [3.05, 3.63) is 131 Å². The molecule has 0 fully saturated rings. The first-order valence-corrected chi connectivity index (χ1v) is 14.0. The van der Waals surface area contributed by atoms with E-state index in [-0.39, 0.29) is 27.5 Å². The highest BCUT2D eigenvalue weighted by Gasteiger charge is 2.34. The van der Waals surface area contributed by atoms with Crippen molar-refractivity contribution in [3.8, 4) is 44.9 Å². The van der Waals surface area contributed by atoms with Crippen LogP contribution < -0.4 is 9.47 Å². The molecule has 8 heteroatoms. The lowest BCUT2D eigenvalue weighted by Gasteiger charge is -2.19. The maximum Gasteiger partial charge on any atom is 0.426 e. The number of hydrogen-bond donors (Lipinski definition) is 0. The fraction of sp³-hybridized carbons (Fsp3) is 0.143. The second-order valence-electron chi connectivity index (χ2n) is 9.89. The molecule has 0 amide bonds. The zero-order valence-corrected chi connectivity index (χ0v) is 23.8. The third-order valence-electron chi connectivity index (χ3n) is 6.87. The van der Waals surface area contributed by atoms with Crippen LogP contribution in [0.3, 0.4) is 0 Å². The van der Waals surface area contributed by atoms with Gasteiger partial charge in [0.2, 0.25) is 0 Å². The van der Waals surface area contributed by atoms with E-state index in [9.17, 15) is 17.6 Å². The van der Waals surface area contributed by atoms with E-state index < -0.39 is 23.6 Å². The maximum absolute atomic E-state index is 15.2. The number of benzene rings is 5. The van der Waals surface area contributed by atoms with Gasteiger partial charge in [-0.25, -0.2) is 13.2 Å². The van der Waals surface area contributed by atoms with E-state index in [2.05, 4.69) is 0 Å². The number of hydrogen-bond acceptors (Lipinski definition) is 2. The molecule has 0 N–H and O–H groups in total. The summed E-state index contributed by atoms with van der Waals surface area (Å²) >= 11 is 5.71. The van der Waals surface area contributed by atoms with Gasteiger partial charge in [-0.2, -0.15) is 8.78 Å². The summed E-state index contributed by atoms with van der Waals surface area (Å²) in [5.74, 6) is -1.48. The van der Waals surface area contributed by atoms with Crippen molar-refractivity contribution in [2.45, 2.75) is 25.9 Å². The zero-order valence-electron chi connectivity index (χ0n) is 23.0. The summed E-state index contributed by atoms with van der Waals surface area (Å²) in [7, 11) is 0. The van der Waals surface area contributed by atoms with Crippen molar-refractivity contribution in [2.24, 2.45) is 0 Å². The van der Waals surface area contributed by atoms with Crippen LogP contribution in [0.25, 0.3) is 33.4 Å². The molecule has 0 bridgehead atoms. The molecule has 0 atom stereocenters. The minimum absolute atomic E-state index is 0.0646. The molecule has 0 saturated heterocycles. The fourth-order valence-electron chi connectivity index (χ4n) is 4.51. The molecule has 0 aliphatic carbocycles. The number of alkyl halides is 2. The average molecular weight is 609 g/mol. The molecular formula is C35H26ClF5O2. The van der Waals surface area contributed by atoms with E-state index in [1.165, 1.54) is 72.8 Å². The first-order valence-electron chi connectivity index (χ1n) is 13.6. The highest BCUT2D eigenvalue weighted by molar-refractivity contribution is 6.30. The van der Waals surface area contributed by atoms with Gasteiger partial charge in [-0.1, -0.05) is 67.4 Å². The lowest BCUT2D eigenvalue weighted by Crippen LogP contribution is -2.21. The van der Waals surface area contributed by atoms with Crippen molar-refractivity contribution < 1.29 is 31.4 Å². The summed E-state index contributed by atoms with van der Waals surface area (Å²) in [5.41, 5.74) is 1.66. The highest BCUT2D eigenvalue weighted by atomic mass is 35.5. The van der Waals surface area contributed by atoms with E-state index in [0.29, 0.717) is 34.6 Å². The molecule has 5 aromatic rings. The number of unbranched alkanes of at least 4 members (excludes halogenated alkanes) is 1. The molecule has 0 heterocycles. The van der Waals surface area contributed by atoms with Crippen molar-refractivity contribution in [2.75, 3.05) is 6.61 Å². The van der Waals surface area contributed by atoms with Crippen molar-refractivity contribution in [1.82, 2.24) is 0 Å². The van der Waals surface area contributed by atoms with Crippen LogP contribution in [-0.2, 0) is 6.11 Å². The van der Waals surface area contributed by atoms with Crippen molar-refractivity contribution in [3.63, 3.8) is 0 Å². The fourth-order valence-corrected chi connectivity index (χ4v) is 4.63. The maximum atomic E-state index is 15.2. The Bertz CT molecular complexity index is 1720. The standard InChI is InChI=1S/C35H26ClF5O2/c1-2-3-18-42-27-13-9-26(10-14-27)35(40,41)43-28-11-4-22(5-12-28)23-6-15-29(32(37)19-23)24-7-16-30(33(38)20-24)25-8-17-31(36)34(39)21-25/h4-17,19-21H,2-3,18H2,1H3. The van der Waals surface area contributed by atoms with Gasteiger partial charge in [0.1, 0.15) is 29.0 Å². The van der Waals surface area contributed by atoms with Gasteiger partial charge in [0.25, 0.3) is 0 Å². The van der Waals surface area contributed by atoms with Crippen LogP contribution >= 0.6 is 11.6 Å². The summed E-state index contributed by atoms with van der Waals surface area (Å²) in [4.78, 5) is 0. The van der Waals surface area contributed by atoms with Crippen LogP contribution in [0.5, 0.6) is 11.5 Å². The molecule has 0 aliphatic rings. The normalized spacial score (nSPS) is 11.4. The van der Waals surface area contributed by atoms with Gasteiger partial charge in [-0.3, -0.25) is 0 Å². The van der Waals surface area contributed by atoms with E-state index in [4.69, 9.17) is 21.1 Å². The molecule has 5 aromatic carbocycles. The van der Waals surface area contributed by atoms with Gasteiger partial charge < -0.3 is 9.47 Å². The summed E-state index contributed by atoms with van der Waals surface area (Å²) in [6.07, 6.45) is -1.74. The van der Waals surface area contributed by atoms with Crippen LogP contribution in [-0.4, -0.2) is 6.61 Å². The monoisotopic (exact) mass is 608 g/mol. The van der Waals surface area contributed by atoms with Gasteiger partial charge >= 0.3 is 6.11 Å². The Morgan fingerprint density at radius 1 is 0.605 bits per heavy atom. The summed E-state index contributed by atoms with van der Waals surface area (Å²) in [5, 5.41) is -0.0717. The smallest absolute Gasteiger partial charge is 0.426 e. The Balaban J connectivity index is 1.28. The topological polar surface area (TPSA) is 18.5 Å². The van der Waals surface area contributed by atoms with E-state index in [1.54, 1.807) is 24.3 Å². The van der Waals surface area contributed by atoms with Gasteiger partial charge in [0.05, 0.1) is 17.2 Å². The second-order valence-corrected chi connectivity index (χ2v) is 10.3. The first kappa shape index (κ1) is 30.1. The Labute approximate surface area is 251 Å². The number of ether oxygens (including phenoxy) is 2. The minimum Gasteiger partial charge on any atom is -0.494 e. The molecule has 43 heavy (non-hydrogen) atoms. The van der Waals surface area contributed by atoms with Gasteiger partial charge in [-0.05, 0) is 89.3 Å². The first-order chi connectivity index (χ1) is 20.6. The van der Waals surface area contributed by atoms with Crippen LogP contribution in [0.2, 0.25) is 5.02 Å². The third kappa shape index (κ3) is 7.00. The van der Waals surface area contributed by atoms with Gasteiger partial charge in [0, 0.05) is 11.1 Å². The summed E-state index contributed by atoms with van der Waals surface area (Å²) < 4.78 is 84.0. The lowest BCUT2D eigenvalue weighted by molar-refractivity contribution is -0.185. The number of rotatable bonds is 10. The largest absolute Gasteiger partial charge is 0.494 e. The van der Waals surface area contributed by atoms with E-state index in [1.807, 2.05) is 6.92 Å². The quantitative estimate of drug-likeness (QED) is 0.116. The molecule has 0 radical (unpaired) electrons. The predicted octanol–water partition coefficient (Wildman–Crippen LogP) is 11.1. The van der Waals surface area contributed by atoms with Crippen LogP contribution in [0.4, 0.5) is 22.0 Å². The SMILES string of the molecule is CCCCOc1ccc(C(F)(F)Oc2ccc(-c3ccc(-c4ccc(-c5ccc(Cl)c(F)c5)c(F)c4)c(F)c3)cc2)cc1. The second kappa shape index (κ2) is 12.9. The summed E-state index contributed by atoms with van der Waals surface area (Å²) in [6, 6.07) is 23.9. The molecule has 2 nitrogen and oxygen atoms in total. The van der Waals surface area contributed by atoms with Gasteiger partial charge in [-0.15, -0.1) is 0 Å². The Morgan fingerprint density at radius 2 is 1.12 bits per heavy atom. The van der Waals surface area contributed by atoms with E-state index >= 15 is 4.39 Å². The molecule has 0 spiro atoms. The average Bonchev–Trinajstić information content (AvgIpc) is 2.99. The Kier molecular flexibility index (Phi) is 9.02. The molecule has 0 saturated carbocycles. The number of halogens is 6. The van der Waals surface area contributed by atoms with Crippen LogP contribution in [0.15, 0.2) is 103 Å². The molecular weight excluding hydrogens is 583 g/mol. The van der Waals surface area contributed by atoms with Crippen molar-refractivity contribution in [1.29, 1.82) is 0 Å². The molecule has 0 aliphatic heterocycles. The van der Waals surface area contributed by atoms with Gasteiger partial charge in [0.15, 0.2) is 0 Å². The van der Waals surface area contributed by atoms with E-state index in [0.717, 1.165) is 18.9 Å². The lowest BCUT2D eigenvalue weighted by atomic mass is 9.97. The zero-order chi connectivity index (χ0) is 30.6. The molecule has 0 aromatic heterocycles. The Morgan fingerprint density at radius 3 is 1.70 bits per heavy atom.